The van der Waals surface area contributed by atoms with Gasteiger partial charge in [0.05, 0.1) is 6.10 Å². The number of aliphatic hydroxyl groups excluding tert-OH is 1. The van der Waals surface area contributed by atoms with Crippen LogP contribution in [0.4, 0.5) is 0 Å². The minimum Gasteiger partial charge on any atom is -0.388 e. The van der Waals surface area contributed by atoms with E-state index in [2.05, 4.69) is 24.4 Å². The fourth-order valence-corrected chi connectivity index (χ4v) is 2.12. The molecule has 0 aliphatic rings. The van der Waals surface area contributed by atoms with Gasteiger partial charge in [0.1, 0.15) is 0 Å². The fraction of sp³-hybridized carbons (Fsp3) is 0.294. The van der Waals surface area contributed by atoms with Crippen LogP contribution in [0.1, 0.15) is 30.6 Å². The van der Waals surface area contributed by atoms with Gasteiger partial charge in [-0.2, -0.15) is 0 Å². The molecule has 0 saturated carbocycles. The number of nitrogens with one attached hydrogen (secondary N) is 1. The van der Waals surface area contributed by atoms with Crippen LogP contribution in [0.5, 0.6) is 0 Å². The van der Waals surface area contributed by atoms with Gasteiger partial charge in [0, 0.05) is 12.6 Å². The minimum absolute atomic E-state index is 0.274. The summed E-state index contributed by atoms with van der Waals surface area (Å²) in [5.41, 5.74) is 2.25. The highest BCUT2D eigenvalue weighted by Crippen LogP contribution is 2.17. The lowest BCUT2D eigenvalue weighted by Crippen LogP contribution is -2.27. The molecular formula is C17H21NO. The molecular weight excluding hydrogens is 234 g/mol. The zero-order chi connectivity index (χ0) is 13.5. The number of hydrogen-bond acceptors (Lipinski definition) is 2. The number of rotatable bonds is 6. The molecule has 2 aromatic rings. The molecule has 0 spiro atoms. The van der Waals surface area contributed by atoms with E-state index < -0.39 is 6.10 Å². The molecule has 2 heteroatoms. The van der Waals surface area contributed by atoms with Gasteiger partial charge in [0.15, 0.2) is 0 Å². The Hall–Kier alpha value is -1.64. The second-order valence-corrected chi connectivity index (χ2v) is 4.93. The average Bonchev–Trinajstić information content (AvgIpc) is 2.47. The lowest BCUT2D eigenvalue weighted by atomic mass is 10.0. The van der Waals surface area contributed by atoms with Gasteiger partial charge in [-0.25, -0.2) is 0 Å². The van der Waals surface area contributed by atoms with Crippen molar-refractivity contribution in [3.05, 3.63) is 71.8 Å². The third kappa shape index (κ3) is 4.51. The third-order valence-corrected chi connectivity index (χ3v) is 3.26. The van der Waals surface area contributed by atoms with Crippen molar-refractivity contribution in [3.63, 3.8) is 0 Å². The molecule has 0 aliphatic heterocycles. The van der Waals surface area contributed by atoms with E-state index in [9.17, 15) is 5.11 Å². The Morgan fingerprint density at radius 1 is 0.947 bits per heavy atom. The number of hydrogen-bond donors (Lipinski definition) is 2. The molecule has 100 valence electrons. The SMILES string of the molecule is C[C@H](C[C@@H](O)c1ccccc1)NCc1ccccc1. The van der Waals surface area contributed by atoms with E-state index in [1.807, 2.05) is 48.5 Å². The Balaban J connectivity index is 1.80. The van der Waals surface area contributed by atoms with Crippen molar-refractivity contribution in [3.8, 4) is 0 Å². The van der Waals surface area contributed by atoms with Gasteiger partial charge in [0.25, 0.3) is 0 Å². The van der Waals surface area contributed by atoms with Crippen LogP contribution in [0.3, 0.4) is 0 Å². The molecule has 2 atom stereocenters. The minimum atomic E-state index is -0.403. The summed E-state index contributed by atoms with van der Waals surface area (Å²) in [5, 5.41) is 13.6. The highest BCUT2D eigenvalue weighted by molar-refractivity contribution is 5.17. The molecule has 0 unspecified atom stereocenters. The van der Waals surface area contributed by atoms with E-state index >= 15 is 0 Å². The van der Waals surface area contributed by atoms with Gasteiger partial charge in [-0.1, -0.05) is 60.7 Å². The van der Waals surface area contributed by atoms with Crippen molar-refractivity contribution in [2.75, 3.05) is 0 Å². The molecule has 0 amide bonds. The van der Waals surface area contributed by atoms with Crippen LogP contribution in [0.15, 0.2) is 60.7 Å². The van der Waals surface area contributed by atoms with Crippen LogP contribution >= 0.6 is 0 Å². The summed E-state index contributed by atoms with van der Waals surface area (Å²) >= 11 is 0. The van der Waals surface area contributed by atoms with E-state index in [-0.39, 0.29) is 6.04 Å². The third-order valence-electron chi connectivity index (χ3n) is 3.26. The average molecular weight is 255 g/mol. The van der Waals surface area contributed by atoms with Crippen LogP contribution in [0.2, 0.25) is 0 Å². The molecule has 2 nitrogen and oxygen atoms in total. The normalized spacial score (nSPS) is 14.0. The van der Waals surface area contributed by atoms with Crippen molar-refractivity contribution in [1.29, 1.82) is 0 Å². The van der Waals surface area contributed by atoms with Gasteiger partial charge in [0.2, 0.25) is 0 Å². The van der Waals surface area contributed by atoms with Crippen molar-refractivity contribution < 1.29 is 5.11 Å². The zero-order valence-corrected chi connectivity index (χ0v) is 11.3. The fourth-order valence-electron chi connectivity index (χ4n) is 2.12. The van der Waals surface area contributed by atoms with Crippen LogP contribution in [-0.2, 0) is 6.54 Å². The summed E-state index contributed by atoms with van der Waals surface area (Å²) in [7, 11) is 0. The monoisotopic (exact) mass is 255 g/mol. The molecule has 2 aromatic carbocycles. The molecule has 0 fully saturated rings. The largest absolute Gasteiger partial charge is 0.388 e. The molecule has 0 radical (unpaired) electrons. The van der Waals surface area contributed by atoms with Crippen LogP contribution in [0.25, 0.3) is 0 Å². The van der Waals surface area contributed by atoms with Crippen LogP contribution in [-0.4, -0.2) is 11.1 Å². The van der Waals surface area contributed by atoms with E-state index in [0.29, 0.717) is 0 Å². The quantitative estimate of drug-likeness (QED) is 0.830. The first-order valence-corrected chi connectivity index (χ1v) is 6.76. The Morgan fingerprint density at radius 3 is 2.16 bits per heavy atom. The summed E-state index contributed by atoms with van der Waals surface area (Å²) < 4.78 is 0. The first kappa shape index (κ1) is 13.8. The maximum atomic E-state index is 10.1. The topological polar surface area (TPSA) is 32.3 Å². The molecule has 0 saturated heterocycles. The summed E-state index contributed by atoms with van der Waals surface area (Å²) in [6.45, 7) is 2.94. The van der Waals surface area contributed by atoms with Crippen LogP contribution < -0.4 is 5.32 Å². The van der Waals surface area contributed by atoms with E-state index in [0.717, 1.165) is 18.5 Å². The Kier molecular flexibility index (Phi) is 5.13. The predicted octanol–water partition coefficient (Wildman–Crippen LogP) is 3.29. The molecule has 0 aromatic heterocycles. The summed E-state index contributed by atoms with van der Waals surface area (Å²) in [6.07, 6.45) is 0.316. The number of benzene rings is 2. The predicted molar refractivity (Wildman–Crippen MR) is 78.8 cm³/mol. The van der Waals surface area contributed by atoms with Gasteiger partial charge >= 0.3 is 0 Å². The Morgan fingerprint density at radius 2 is 1.53 bits per heavy atom. The standard InChI is InChI=1S/C17H21NO/c1-14(18-13-15-8-4-2-5-9-15)12-17(19)16-10-6-3-7-11-16/h2-11,14,17-19H,12-13H2,1H3/t14-,17-/m1/s1. The molecule has 2 N–H and O–H groups in total. The molecule has 0 aliphatic carbocycles. The van der Waals surface area contributed by atoms with Crippen molar-refractivity contribution >= 4 is 0 Å². The van der Waals surface area contributed by atoms with Gasteiger partial charge < -0.3 is 10.4 Å². The number of aliphatic hydroxyl groups is 1. The van der Waals surface area contributed by atoms with Crippen molar-refractivity contribution in [2.45, 2.75) is 32.0 Å². The second-order valence-electron chi connectivity index (χ2n) is 4.93. The lowest BCUT2D eigenvalue weighted by Gasteiger charge is -2.18. The van der Waals surface area contributed by atoms with E-state index in [4.69, 9.17) is 0 Å². The highest BCUT2D eigenvalue weighted by Gasteiger charge is 2.11. The van der Waals surface area contributed by atoms with Crippen molar-refractivity contribution in [2.24, 2.45) is 0 Å². The smallest absolute Gasteiger partial charge is 0.0804 e. The second kappa shape index (κ2) is 7.07. The summed E-state index contributed by atoms with van der Waals surface area (Å²) in [4.78, 5) is 0. The maximum Gasteiger partial charge on any atom is 0.0804 e. The van der Waals surface area contributed by atoms with Gasteiger partial charge in [-0.05, 0) is 24.5 Å². The van der Waals surface area contributed by atoms with Crippen LogP contribution in [0, 0.1) is 0 Å². The maximum absolute atomic E-state index is 10.1. The van der Waals surface area contributed by atoms with E-state index in [1.54, 1.807) is 0 Å². The zero-order valence-electron chi connectivity index (χ0n) is 11.3. The molecule has 2 rings (SSSR count). The van der Waals surface area contributed by atoms with Gasteiger partial charge in [-0.3, -0.25) is 0 Å². The van der Waals surface area contributed by atoms with E-state index in [1.165, 1.54) is 5.56 Å². The first-order chi connectivity index (χ1) is 9.25. The lowest BCUT2D eigenvalue weighted by molar-refractivity contribution is 0.154. The summed E-state index contributed by atoms with van der Waals surface area (Å²) in [6, 6.07) is 20.4. The molecule has 0 bridgehead atoms. The Bertz CT molecular complexity index is 469. The van der Waals surface area contributed by atoms with Gasteiger partial charge in [-0.15, -0.1) is 0 Å². The summed E-state index contributed by atoms with van der Waals surface area (Å²) in [5.74, 6) is 0. The Labute approximate surface area is 115 Å². The highest BCUT2D eigenvalue weighted by atomic mass is 16.3. The molecule has 19 heavy (non-hydrogen) atoms. The van der Waals surface area contributed by atoms with Crippen molar-refractivity contribution in [1.82, 2.24) is 5.32 Å². The first-order valence-electron chi connectivity index (χ1n) is 6.76. The molecule has 0 heterocycles.